The topological polar surface area (TPSA) is 79.8 Å². The van der Waals surface area contributed by atoms with Crippen molar-refractivity contribution in [3.8, 4) is 0 Å². The SMILES string of the molecule is COCCN(Cc1ccccc1)C(=O)CSc1ccc(S(=O)(=O)N2CCCC2)cn1. The molecule has 0 atom stereocenters. The van der Waals surface area contributed by atoms with E-state index in [1.54, 1.807) is 24.1 Å². The number of hydrogen-bond acceptors (Lipinski definition) is 6. The van der Waals surface area contributed by atoms with Crippen molar-refractivity contribution in [2.45, 2.75) is 29.3 Å². The summed E-state index contributed by atoms with van der Waals surface area (Å²) in [6, 6.07) is 13.1. The Bertz CT molecular complexity index is 915. The smallest absolute Gasteiger partial charge is 0.244 e. The molecule has 3 rings (SSSR count). The monoisotopic (exact) mass is 449 g/mol. The number of nitrogens with zero attached hydrogens (tertiary/aromatic N) is 3. The molecule has 1 saturated heterocycles. The van der Waals surface area contributed by atoms with Gasteiger partial charge in [0.05, 0.1) is 17.4 Å². The average molecular weight is 450 g/mol. The Labute approximate surface area is 182 Å². The Morgan fingerprint density at radius 2 is 1.90 bits per heavy atom. The van der Waals surface area contributed by atoms with Crippen LogP contribution in [-0.4, -0.2) is 67.6 Å². The molecule has 1 aromatic heterocycles. The van der Waals surface area contributed by atoms with Gasteiger partial charge in [0, 0.05) is 39.5 Å². The normalized spacial score (nSPS) is 14.7. The first-order valence-corrected chi connectivity index (χ1v) is 12.3. The van der Waals surface area contributed by atoms with Crippen molar-refractivity contribution in [1.82, 2.24) is 14.2 Å². The summed E-state index contributed by atoms with van der Waals surface area (Å²) in [6.07, 6.45) is 3.17. The highest BCUT2D eigenvalue weighted by atomic mass is 32.2. The van der Waals surface area contributed by atoms with Crippen molar-refractivity contribution in [2.24, 2.45) is 0 Å². The molecule has 1 aliphatic rings. The lowest BCUT2D eigenvalue weighted by Crippen LogP contribution is -2.34. The summed E-state index contributed by atoms with van der Waals surface area (Å²) in [5, 5.41) is 0.620. The Morgan fingerprint density at radius 1 is 1.17 bits per heavy atom. The van der Waals surface area contributed by atoms with Crippen LogP contribution in [0.15, 0.2) is 58.6 Å². The molecule has 2 heterocycles. The summed E-state index contributed by atoms with van der Waals surface area (Å²) in [4.78, 5) is 19.0. The van der Waals surface area contributed by atoms with Crippen molar-refractivity contribution in [1.29, 1.82) is 0 Å². The van der Waals surface area contributed by atoms with Crippen molar-refractivity contribution >= 4 is 27.7 Å². The summed E-state index contributed by atoms with van der Waals surface area (Å²) in [7, 11) is -1.86. The molecule has 1 aromatic carbocycles. The number of hydrogen-bond donors (Lipinski definition) is 0. The van der Waals surface area contributed by atoms with Gasteiger partial charge in [-0.2, -0.15) is 4.31 Å². The van der Waals surface area contributed by atoms with E-state index < -0.39 is 10.0 Å². The van der Waals surface area contributed by atoms with Gasteiger partial charge in [-0.15, -0.1) is 0 Å². The maximum absolute atomic E-state index is 12.7. The van der Waals surface area contributed by atoms with E-state index in [4.69, 9.17) is 4.74 Å². The molecular weight excluding hydrogens is 422 g/mol. The molecule has 9 heteroatoms. The average Bonchev–Trinajstić information content (AvgIpc) is 3.32. The van der Waals surface area contributed by atoms with Gasteiger partial charge in [0.25, 0.3) is 0 Å². The van der Waals surface area contributed by atoms with Gasteiger partial charge in [0.15, 0.2) is 0 Å². The van der Waals surface area contributed by atoms with Crippen LogP contribution in [0, 0.1) is 0 Å². The molecule has 0 N–H and O–H groups in total. The molecule has 30 heavy (non-hydrogen) atoms. The highest BCUT2D eigenvalue weighted by Gasteiger charge is 2.27. The Morgan fingerprint density at radius 3 is 2.53 bits per heavy atom. The van der Waals surface area contributed by atoms with E-state index in [9.17, 15) is 13.2 Å². The molecular formula is C21H27N3O4S2. The number of pyridine rings is 1. The fourth-order valence-electron chi connectivity index (χ4n) is 3.21. The summed E-state index contributed by atoms with van der Waals surface area (Å²) in [5.74, 6) is 0.207. The zero-order valence-electron chi connectivity index (χ0n) is 17.1. The second-order valence-corrected chi connectivity index (χ2v) is 9.96. The van der Waals surface area contributed by atoms with Crippen LogP contribution < -0.4 is 0 Å². The minimum absolute atomic E-state index is 0.0172. The zero-order valence-corrected chi connectivity index (χ0v) is 18.7. The van der Waals surface area contributed by atoms with E-state index >= 15 is 0 Å². The van der Waals surface area contributed by atoms with Gasteiger partial charge < -0.3 is 9.64 Å². The van der Waals surface area contributed by atoms with E-state index in [1.807, 2.05) is 30.3 Å². The number of thioether (sulfide) groups is 1. The number of amides is 1. The number of methoxy groups -OCH3 is 1. The summed E-state index contributed by atoms with van der Waals surface area (Å²) in [6.45, 7) is 2.61. The summed E-state index contributed by atoms with van der Waals surface area (Å²) >= 11 is 1.30. The predicted molar refractivity (Wildman–Crippen MR) is 117 cm³/mol. The maximum atomic E-state index is 12.7. The Balaban J connectivity index is 1.59. The summed E-state index contributed by atoms with van der Waals surface area (Å²) in [5.41, 5.74) is 1.06. The molecule has 1 fully saturated rings. The van der Waals surface area contributed by atoms with E-state index in [-0.39, 0.29) is 16.6 Å². The number of rotatable bonds is 10. The minimum Gasteiger partial charge on any atom is -0.383 e. The Hall–Kier alpha value is -1.94. The van der Waals surface area contributed by atoms with Gasteiger partial charge in [0.1, 0.15) is 4.90 Å². The quantitative estimate of drug-likeness (QED) is 0.519. The van der Waals surface area contributed by atoms with Crippen LogP contribution in [0.2, 0.25) is 0 Å². The van der Waals surface area contributed by atoms with Crippen molar-refractivity contribution in [3.05, 3.63) is 54.2 Å². The standard InChI is InChI=1S/C21H27N3O4S2/c1-28-14-13-23(16-18-7-3-2-4-8-18)21(25)17-29-20-10-9-19(15-22-20)30(26,27)24-11-5-6-12-24/h2-4,7-10,15H,5-6,11-14,16-17H2,1H3. The van der Waals surface area contributed by atoms with Crippen molar-refractivity contribution in [3.63, 3.8) is 0 Å². The van der Waals surface area contributed by atoms with Crippen molar-refractivity contribution in [2.75, 3.05) is 39.1 Å². The molecule has 7 nitrogen and oxygen atoms in total. The van der Waals surface area contributed by atoms with Crippen LogP contribution in [0.5, 0.6) is 0 Å². The molecule has 0 spiro atoms. The van der Waals surface area contributed by atoms with Crippen LogP contribution in [0.1, 0.15) is 18.4 Å². The van der Waals surface area contributed by atoms with E-state index in [0.717, 1.165) is 18.4 Å². The third-order valence-corrected chi connectivity index (χ3v) is 7.70. The molecule has 0 bridgehead atoms. The number of carbonyl (C=O) groups excluding carboxylic acids is 1. The number of sulfonamides is 1. The number of aromatic nitrogens is 1. The highest BCUT2D eigenvalue weighted by Crippen LogP contribution is 2.23. The van der Waals surface area contributed by atoms with Crippen LogP contribution >= 0.6 is 11.8 Å². The molecule has 1 aliphatic heterocycles. The first-order valence-electron chi connectivity index (χ1n) is 9.90. The second-order valence-electron chi connectivity index (χ2n) is 7.03. The van der Waals surface area contributed by atoms with E-state index in [1.165, 1.54) is 22.3 Å². The zero-order chi connectivity index (χ0) is 21.4. The fourth-order valence-corrected chi connectivity index (χ4v) is 5.41. The molecule has 0 saturated carbocycles. The Kier molecular flexibility index (Phi) is 8.26. The lowest BCUT2D eigenvalue weighted by atomic mass is 10.2. The summed E-state index contributed by atoms with van der Waals surface area (Å²) < 4.78 is 31.8. The largest absolute Gasteiger partial charge is 0.383 e. The third-order valence-electron chi connectivity index (χ3n) is 4.89. The number of ether oxygens (including phenoxy) is 1. The first kappa shape index (κ1) is 22.7. The number of benzene rings is 1. The maximum Gasteiger partial charge on any atom is 0.244 e. The molecule has 0 radical (unpaired) electrons. The lowest BCUT2D eigenvalue weighted by Gasteiger charge is -2.22. The van der Waals surface area contributed by atoms with Crippen LogP contribution in [0.25, 0.3) is 0 Å². The lowest BCUT2D eigenvalue weighted by molar-refractivity contribution is -0.129. The van der Waals surface area contributed by atoms with Crippen LogP contribution in [0.4, 0.5) is 0 Å². The van der Waals surface area contributed by atoms with Gasteiger partial charge in [-0.1, -0.05) is 42.1 Å². The molecule has 162 valence electrons. The van der Waals surface area contributed by atoms with Gasteiger partial charge in [0.2, 0.25) is 15.9 Å². The van der Waals surface area contributed by atoms with Crippen LogP contribution in [-0.2, 0) is 26.1 Å². The minimum atomic E-state index is -3.47. The molecule has 1 amide bonds. The van der Waals surface area contributed by atoms with Crippen molar-refractivity contribution < 1.29 is 17.9 Å². The second kappa shape index (κ2) is 10.9. The molecule has 0 unspecified atom stereocenters. The first-order chi connectivity index (χ1) is 14.5. The van der Waals surface area contributed by atoms with Gasteiger partial charge in [-0.25, -0.2) is 13.4 Å². The molecule has 0 aliphatic carbocycles. The highest BCUT2D eigenvalue weighted by molar-refractivity contribution is 7.99. The van der Waals surface area contributed by atoms with Gasteiger partial charge in [-0.3, -0.25) is 4.79 Å². The van der Waals surface area contributed by atoms with E-state index in [0.29, 0.717) is 37.8 Å². The van der Waals surface area contributed by atoms with Crippen LogP contribution in [0.3, 0.4) is 0 Å². The fraction of sp³-hybridized carbons (Fsp3) is 0.429. The third kappa shape index (κ3) is 6.04. The van der Waals surface area contributed by atoms with E-state index in [2.05, 4.69) is 4.98 Å². The molecule has 2 aromatic rings. The van der Waals surface area contributed by atoms with Gasteiger partial charge in [-0.05, 0) is 30.5 Å². The predicted octanol–water partition coefficient (Wildman–Crippen LogP) is 2.63. The number of carbonyl (C=O) groups is 1. The van der Waals surface area contributed by atoms with Gasteiger partial charge >= 0.3 is 0 Å².